The van der Waals surface area contributed by atoms with Crippen molar-refractivity contribution in [1.82, 2.24) is 0 Å². The molecule has 2 aromatic rings. The molecule has 3 N–H and O–H groups in total. The minimum atomic E-state index is 0.0627. The molecule has 3 nitrogen and oxygen atoms in total. The van der Waals surface area contributed by atoms with Gasteiger partial charge in [0.05, 0.1) is 13.2 Å². The molecular formula is C17H21BrN2O. The van der Waals surface area contributed by atoms with Crippen LogP contribution in [0.3, 0.4) is 0 Å². The zero-order valence-corrected chi connectivity index (χ0v) is 14.2. The van der Waals surface area contributed by atoms with Gasteiger partial charge in [-0.25, -0.2) is 0 Å². The second-order valence-electron chi connectivity index (χ2n) is 5.14. The van der Waals surface area contributed by atoms with E-state index in [4.69, 9.17) is 10.5 Å². The van der Waals surface area contributed by atoms with E-state index in [1.807, 2.05) is 19.1 Å². The summed E-state index contributed by atoms with van der Waals surface area (Å²) in [4.78, 5) is 0. The van der Waals surface area contributed by atoms with Gasteiger partial charge in [-0.15, -0.1) is 0 Å². The summed E-state index contributed by atoms with van der Waals surface area (Å²) in [7, 11) is 1.69. The summed E-state index contributed by atoms with van der Waals surface area (Å²) in [6.45, 7) is 4.64. The summed E-state index contributed by atoms with van der Waals surface area (Å²) in [6, 6.07) is 12.5. The van der Waals surface area contributed by atoms with E-state index >= 15 is 0 Å². The molecule has 1 atom stereocenters. The van der Waals surface area contributed by atoms with Crippen LogP contribution in [0.5, 0.6) is 5.75 Å². The Bertz CT molecular complexity index is 628. The normalized spacial score (nSPS) is 12.0. The fraction of sp³-hybridized carbons (Fsp3) is 0.294. The number of aryl methyl sites for hydroxylation is 2. The maximum absolute atomic E-state index is 5.95. The van der Waals surface area contributed by atoms with Crippen LogP contribution in [0, 0.1) is 13.8 Å². The molecule has 0 saturated heterocycles. The van der Waals surface area contributed by atoms with E-state index < -0.39 is 0 Å². The Labute approximate surface area is 134 Å². The van der Waals surface area contributed by atoms with E-state index in [0.29, 0.717) is 6.54 Å². The number of nitrogens with two attached hydrogens (primary N) is 1. The number of nitrogens with one attached hydrogen (secondary N) is 1. The van der Waals surface area contributed by atoms with Crippen molar-refractivity contribution in [3.05, 3.63) is 57.6 Å². The van der Waals surface area contributed by atoms with Crippen LogP contribution in [0.15, 0.2) is 40.9 Å². The zero-order chi connectivity index (χ0) is 15.4. The molecule has 0 bridgehead atoms. The molecule has 2 rings (SSSR count). The average Bonchev–Trinajstić information content (AvgIpc) is 2.48. The average molecular weight is 349 g/mol. The van der Waals surface area contributed by atoms with Gasteiger partial charge in [-0.2, -0.15) is 0 Å². The number of anilines is 1. The van der Waals surface area contributed by atoms with Gasteiger partial charge in [0.15, 0.2) is 0 Å². The second-order valence-corrected chi connectivity index (χ2v) is 6.00. The van der Waals surface area contributed by atoms with Gasteiger partial charge in [0.2, 0.25) is 0 Å². The molecule has 0 heterocycles. The summed E-state index contributed by atoms with van der Waals surface area (Å²) in [6.07, 6.45) is 0. The first-order valence-corrected chi connectivity index (χ1v) is 7.71. The van der Waals surface area contributed by atoms with Crippen molar-refractivity contribution in [3.63, 3.8) is 0 Å². The molecule has 0 fully saturated rings. The number of benzene rings is 2. The fourth-order valence-corrected chi connectivity index (χ4v) is 2.70. The third-order valence-corrected chi connectivity index (χ3v) is 4.20. The molecule has 112 valence electrons. The van der Waals surface area contributed by atoms with Crippen LogP contribution in [0.1, 0.15) is 22.7 Å². The molecule has 0 saturated carbocycles. The predicted octanol–water partition coefficient (Wildman–Crippen LogP) is 4.19. The van der Waals surface area contributed by atoms with Crippen molar-refractivity contribution < 1.29 is 4.74 Å². The monoisotopic (exact) mass is 348 g/mol. The molecule has 1 unspecified atom stereocenters. The lowest BCUT2D eigenvalue weighted by molar-refractivity contribution is 0.411. The third-order valence-electron chi connectivity index (χ3n) is 3.51. The lowest BCUT2D eigenvalue weighted by Crippen LogP contribution is -2.21. The minimum Gasteiger partial charge on any atom is -0.496 e. The first-order valence-electron chi connectivity index (χ1n) is 6.92. The molecule has 0 aliphatic heterocycles. The van der Waals surface area contributed by atoms with Crippen LogP contribution in [0.4, 0.5) is 5.69 Å². The molecule has 21 heavy (non-hydrogen) atoms. The lowest BCUT2D eigenvalue weighted by atomic mass is 10.0. The SMILES string of the molecule is COc1ccc(C(CN)Nc2cc(C)ccc2Br)cc1C. The van der Waals surface area contributed by atoms with E-state index in [9.17, 15) is 0 Å². The first kappa shape index (κ1) is 15.9. The van der Waals surface area contributed by atoms with Crippen LogP contribution in [0.2, 0.25) is 0 Å². The quantitative estimate of drug-likeness (QED) is 0.851. The summed E-state index contributed by atoms with van der Waals surface area (Å²) in [5.74, 6) is 0.895. The Hall–Kier alpha value is -1.52. The Morgan fingerprint density at radius 2 is 1.95 bits per heavy atom. The van der Waals surface area contributed by atoms with E-state index in [0.717, 1.165) is 27.0 Å². The fourth-order valence-electron chi connectivity index (χ4n) is 2.33. The first-order chi connectivity index (χ1) is 10.0. The van der Waals surface area contributed by atoms with Crippen LogP contribution in [-0.2, 0) is 0 Å². The molecule has 0 aliphatic carbocycles. The largest absolute Gasteiger partial charge is 0.496 e. The standard InChI is InChI=1S/C17H21BrN2O/c1-11-4-6-14(18)15(8-11)20-16(10-19)13-5-7-17(21-3)12(2)9-13/h4-9,16,20H,10,19H2,1-3H3. The van der Waals surface area contributed by atoms with E-state index in [1.165, 1.54) is 5.56 Å². The minimum absolute atomic E-state index is 0.0627. The van der Waals surface area contributed by atoms with Crippen LogP contribution >= 0.6 is 15.9 Å². The lowest BCUT2D eigenvalue weighted by Gasteiger charge is -2.21. The van der Waals surface area contributed by atoms with Gasteiger partial charge < -0.3 is 15.8 Å². The van der Waals surface area contributed by atoms with E-state index in [1.54, 1.807) is 7.11 Å². The molecule has 0 aliphatic rings. The van der Waals surface area contributed by atoms with Crippen molar-refractivity contribution >= 4 is 21.6 Å². The van der Waals surface area contributed by atoms with Gasteiger partial charge in [0.25, 0.3) is 0 Å². The van der Waals surface area contributed by atoms with Gasteiger partial charge in [0, 0.05) is 16.7 Å². The Kier molecular flexibility index (Phi) is 5.26. The predicted molar refractivity (Wildman–Crippen MR) is 92.0 cm³/mol. The number of halogens is 1. The van der Waals surface area contributed by atoms with Gasteiger partial charge in [-0.05, 0) is 64.7 Å². The highest BCUT2D eigenvalue weighted by atomic mass is 79.9. The Morgan fingerprint density at radius 3 is 2.57 bits per heavy atom. The number of methoxy groups -OCH3 is 1. The Balaban J connectivity index is 2.27. The molecule has 2 aromatic carbocycles. The van der Waals surface area contributed by atoms with Crippen molar-refractivity contribution in [3.8, 4) is 5.75 Å². The summed E-state index contributed by atoms with van der Waals surface area (Å²) in [5, 5.41) is 3.51. The zero-order valence-electron chi connectivity index (χ0n) is 12.6. The molecule has 0 spiro atoms. The van der Waals surface area contributed by atoms with Crippen molar-refractivity contribution in [2.45, 2.75) is 19.9 Å². The van der Waals surface area contributed by atoms with E-state index in [2.05, 4.69) is 52.4 Å². The van der Waals surface area contributed by atoms with Gasteiger partial charge in [0.1, 0.15) is 5.75 Å². The maximum Gasteiger partial charge on any atom is 0.121 e. The molecule has 0 amide bonds. The van der Waals surface area contributed by atoms with Crippen LogP contribution < -0.4 is 15.8 Å². The Morgan fingerprint density at radius 1 is 1.19 bits per heavy atom. The second kappa shape index (κ2) is 6.96. The molecule has 4 heteroatoms. The van der Waals surface area contributed by atoms with Crippen molar-refractivity contribution in [1.29, 1.82) is 0 Å². The summed E-state index contributed by atoms with van der Waals surface area (Å²) >= 11 is 3.57. The number of hydrogen-bond donors (Lipinski definition) is 2. The number of rotatable bonds is 5. The van der Waals surface area contributed by atoms with Crippen molar-refractivity contribution in [2.24, 2.45) is 5.73 Å². The highest BCUT2D eigenvalue weighted by Crippen LogP contribution is 2.29. The van der Waals surface area contributed by atoms with Gasteiger partial charge in [-0.1, -0.05) is 18.2 Å². The van der Waals surface area contributed by atoms with Gasteiger partial charge in [-0.3, -0.25) is 0 Å². The number of hydrogen-bond acceptors (Lipinski definition) is 3. The maximum atomic E-state index is 5.95. The summed E-state index contributed by atoms with van der Waals surface area (Å²) < 4.78 is 6.35. The summed E-state index contributed by atoms with van der Waals surface area (Å²) in [5.41, 5.74) is 10.5. The number of ether oxygens (including phenoxy) is 1. The topological polar surface area (TPSA) is 47.3 Å². The van der Waals surface area contributed by atoms with Gasteiger partial charge >= 0.3 is 0 Å². The van der Waals surface area contributed by atoms with Crippen LogP contribution in [0.25, 0.3) is 0 Å². The highest BCUT2D eigenvalue weighted by Gasteiger charge is 2.12. The van der Waals surface area contributed by atoms with E-state index in [-0.39, 0.29) is 6.04 Å². The smallest absolute Gasteiger partial charge is 0.121 e. The molecule has 0 radical (unpaired) electrons. The highest BCUT2D eigenvalue weighted by molar-refractivity contribution is 9.10. The van der Waals surface area contributed by atoms with Crippen molar-refractivity contribution in [2.75, 3.05) is 19.0 Å². The third kappa shape index (κ3) is 3.77. The van der Waals surface area contributed by atoms with Crippen LogP contribution in [-0.4, -0.2) is 13.7 Å². The molecule has 0 aromatic heterocycles. The molecular weight excluding hydrogens is 328 g/mol.